The van der Waals surface area contributed by atoms with Crippen molar-refractivity contribution in [3.05, 3.63) is 52.5 Å². The first-order valence-corrected chi connectivity index (χ1v) is 9.83. The number of hydrogen-bond donors (Lipinski definition) is 1. The van der Waals surface area contributed by atoms with Crippen LogP contribution in [0.5, 0.6) is 5.75 Å². The zero-order valence-corrected chi connectivity index (χ0v) is 17.6. The predicted molar refractivity (Wildman–Crippen MR) is 110 cm³/mol. The molecule has 1 atom stereocenters. The summed E-state index contributed by atoms with van der Waals surface area (Å²) in [6.07, 6.45) is -5.90. The van der Waals surface area contributed by atoms with Gasteiger partial charge in [0.05, 0.1) is 22.8 Å². The first-order chi connectivity index (χ1) is 15.1. The molecule has 7 nitrogen and oxygen atoms in total. The van der Waals surface area contributed by atoms with Crippen molar-refractivity contribution in [3.8, 4) is 5.75 Å². The number of ether oxygens (including phenoxy) is 2. The highest BCUT2D eigenvalue weighted by Crippen LogP contribution is 2.37. The summed E-state index contributed by atoms with van der Waals surface area (Å²) in [5.41, 5.74) is -0.129. The summed E-state index contributed by atoms with van der Waals surface area (Å²) in [4.78, 5) is 37.0. The summed E-state index contributed by atoms with van der Waals surface area (Å²) in [6, 6.07) is 7.37. The molecular formula is C20H15Cl2F3N2O5. The largest absolute Gasteiger partial charge is 0.480 e. The van der Waals surface area contributed by atoms with Crippen LogP contribution >= 0.6 is 23.2 Å². The summed E-state index contributed by atoms with van der Waals surface area (Å²) in [7, 11) is 0. The lowest BCUT2D eigenvalue weighted by Gasteiger charge is -2.31. The Labute approximate surface area is 190 Å². The maximum atomic E-state index is 13.6. The van der Waals surface area contributed by atoms with Crippen molar-refractivity contribution in [3.63, 3.8) is 0 Å². The fraction of sp³-hybridized carbons (Fsp3) is 0.250. The normalized spacial score (nSPS) is 16.0. The van der Waals surface area contributed by atoms with Crippen LogP contribution in [0.15, 0.2) is 42.5 Å². The van der Waals surface area contributed by atoms with Crippen LogP contribution in [0, 0.1) is 0 Å². The molecule has 0 radical (unpaired) electrons. The van der Waals surface area contributed by atoms with Gasteiger partial charge in [-0.3, -0.25) is 14.5 Å². The predicted octanol–water partition coefficient (Wildman–Crippen LogP) is 4.22. The van der Waals surface area contributed by atoms with Crippen molar-refractivity contribution in [2.45, 2.75) is 18.6 Å². The lowest BCUT2D eigenvalue weighted by molar-refractivity contribution is -0.160. The van der Waals surface area contributed by atoms with E-state index < -0.39 is 49.6 Å². The third kappa shape index (κ3) is 5.63. The minimum absolute atomic E-state index is 0.0321. The number of nitrogens with zero attached hydrogens (tertiary/aromatic N) is 1. The number of nitrogens with one attached hydrogen (secondary N) is 1. The van der Waals surface area contributed by atoms with Crippen molar-refractivity contribution in [2.75, 3.05) is 23.4 Å². The number of rotatable bonds is 5. The summed E-state index contributed by atoms with van der Waals surface area (Å²) in [5, 5.41) is 2.82. The summed E-state index contributed by atoms with van der Waals surface area (Å²) >= 11 is 11.7. The fourth-order valence-corrected chi connectivity index (χ4v) is 3.44. The molecule has 2 aromatic rings. The van der Waals surface area contributed by atoms with Crippen LogP contribution in [0.3, 0.4) is 0 Å². The quantitative estimate of drug-likeness (QED) is 0.634. The topological polar surface area (TPSA) is 84.9 Å². The average molecular weight is 491 g/mol. The number of anilines is 2. The van der Waals surface area contributed by atoms with E-state index in [2.05, 4.69) is 5.32 Å². The van der Waals surface area contributed by atoms with Crippen LogP contribution in [0.4, 0.5) is 24.5 Å². The molecule has 0 aliphatic carbocycles. The number of fused-ring (bicyclic) bond motifs is 1. The monoisotopic (exact) mass is 490 g/mol. The number of amides is 2. The average Bonchev–Trinajstić information content (AvgIpc) is 2.87. The SMILES string of the molecule is O=C1CC(C(F)(F)F)N(C(=O)COC(=O)COc2ccc(Cl)cc2Cl)c2ccccc2N1. The highest BCUT2D eigenvalue weighted by atomic mass is 35.5. The molecular weight excluding hydrogens is 476 g/mol. The van der Waals surface area contributed by atoms with E-state index >= 15 is 0 Å². The van der Waals surface area contributed by atoms with E-state index in [0.29, 0.717) is 9.92 Å². The Morgan fingerprint density at radius 1 is 1.12 bits per heavy atom. The standard InChI is InChI=1S/C20H15Cl2F3N2O5/c21-11-5-6-15(12(22)7-11)31-10-19(30)32-9-18(29)27-14-4-2-1-3-13(14)26-17(28)8-16(27)20(23,24)25/h1-7,16H,8-10H2,(H,26,28). The van der Waals surface area contributed by atoms with E-state index in [4.69, 9.17) is 32.7 Å². The molecule has 170 valence electrons. The van der Waals surface area contributed by atoms with Gasteiger partial charge in [0.25, 0.3) is 5.91 Å². The van der Waals surface area contributed by atoms with Gasteiger partial charge in [0.1, 0.15) is 11.8 Å². The van der Waals surface area contributed by atoms with Crippen LogP contribution in [0.2, 0.25) is 10.0 Å². The van der Waals surface area contributed by atoms with Crippen LogP contribution in [0.1, 0.15) is 6.42 Å². The van der Waals surface area contributed by atoms with Crippen molar-refractivity contribution in [2.24, 2.45) is 0 Å². The van der Waals surface area contributed by atoms with Gasteiger partial charge < -0.3 is 14.8 Å². The van der Waals surface area contributed by atoms with E-state index in [1.165, 1.54) is 42.5 Å². The summed E-state index contributed by atoms with van der Waals surface area (Å²) < 4.78 is 50.9. The number of benzene rings is 2. The molecule has 1 N–H and O–H groups in total. The van der Waals surface area contributed by atoms with E-state index in [1.54, 1.807) is 0 Å². The highest BCUT2D eigenvalue weighted by molar-refractivity contribution is 6.35. The molecule has 0 bridgehead atoms. The Hall–Kier alpha value is -2.98. The minimum Gasteiger partial charge on any atom is -0.480 e. The number of esters is 1. The molecule has 1 heterocycles. The molecule has 0 spiro atoms. The van der Waals surface area contributed by atoms with Gasteiger partial charge in [0.2, 0.25) is 5.91 Å². The van der Waals surface area contributed by atoms with Crippen molar-refractivity contribution in [1.29, 1.82) is 0 Å². The number of para-hydroxylation sites is 2. The van der Waals surface area contributed by atoms with Crippen LogP contribution < -0.4 is 15.0 Å². The molecule has 0 fully saturated rings. The second kappa shape index (κ2) is 9.66. The van der Waals surface area contributed by atoms with E-state index in [-0.39, 0.29) is 22.1 Å². The molecule has 1 unspecified atom stereocenters. The second-order valence-electron chi connectivity index (χ2n) is 6.61. The Balaban J connectivity index is 1.71. The van der Waals surface area contributed by atoms with Crippen molar-refractivity contribution < 1.29 is 37.0 Å². The van der Waals surface area contributed by atoms with Gasteiger partial charge in [-0.15, -0.1) is 0 Å². The van der Waals surface area contributed by atoms with Crippen LogP contribution in [-0.4, -0.2) is 43.2 Å². The maximum Gasteiger partial charge on any atom is 0.409 e. The van der Waals surface area contributed by atoms with E-state index in [0.717, 1.165) is 0 Å². The van der Waals surface area contributed by atoms with Crippen molar-refractivity contribution in [1.82, 2.24) is 0 Å². The Morgan fingerprint density at radius 2 is 1.84 bits per heavy atom. The molecule has 1 aliphatic heterocycles. The number of carbonyl (C=O) groups excluding carboxylic acids is 3. The first kappa shape index (κ1) is 23.7. The number of carbonyl (C=O) groups is 3. The number of hydrogen-bond acceptors (Lipinski definition) is 5. The molecule has 1 aliphatic rings. The van der Waals surface area contributed by atoms with Gasteiger partial charge in [0.15, 0.2) is 13.2 Å². The lowest BCUT2D eigenvalue weighted by atomic mass is 10.1. The van der Waals surface area contributed by atoms with Crippen LogP contribution in [0.25, 0.3) is 0 Å². The minimum atomic E-state index is -4.90. The first-order valence-electron chi connectivity index (χ1n) is 9.07. The molecule has 0 aromatic heterocycles. The smallest absolute Gasteiger partial charge is 0.409 e. The Bertz CT molecular complexity index is 1050. The van der Waals surface area contributed by atoms with Gasteiger partial charge in [-0.25, -0.2) is 4.79 Å². The summed E-state index contributed by atoms with van der Waals surface area (Å²) in [5.74, 6) is -2.94. The Kier molecular flexibility index (Phi) is 7.15. The third-order valence-electron chi connectivity index (χ3n) is 4.37. The molecule has 32 heavy (non-hydrogen) atoms. The van der Waals surface area contributed by atoms with Gasteiger partial charge in [-0.2, -0.15) is 13.2 Å². The van der Waals surface area contributed by atoms with Gasteiger partial charge in [-0.05, 0) is 30.3 Å². The molecule has 12 heteroatoms. The fourth-order valence-electron chi connectivity index (χ4n) is 2.98. The van der Waals surface area contributed by atoms with Gasteiger partial charge in [-0.1, -0.05) is 35.3 Å². The number of halogens is 5. The molecule has 2 aromatic carbocycles. The molecule has 0 saturated carbocycles. The van der Waals surface area contributed by atoms with E-state index in [1.807, 2.05) is 0 Å². The molecule has 2 amide bonds. The molecule has 3 rings (SSSR count). The van der Waals surface area contributed by atoms with Crippen LogP contribution in [-0.2, 0) is 19.1 Å². The number of alkyl halides is 3. The summed E-state index contributed by atoms with van der Waals surface area (Å²) in [6.45, 7) is -1.64. The Morgan fingerprint density at radius 3 is 2.53 bits per heavy atom. The highest BCUT2D eigenvalue weighted by Gasteiger charge is 2.49. The maximum absolute atomic E-state index is 13.6. The second-order valence-corrected chi connectivity index (χ2v) is 7.46. The zero-order chi connectivity index (χ0) is 23.5. The zero-order valence-electron chi connectivity index (χ0n) is 16.1. The van der Waals surface area contributed by atoms with Gasteiger partial charge in [0, 0.05) is 5.02 Å². The van der Waals surface area contributed by atoms with Crippen molar-refractivity contribution >= 4 is 52.4 Å². The third-order valence-corrected chi connectivity index (χ3v) is 4.90. The lowest BCUT2D eigenvalue weighted by Crippen LogP contribution is -2.51. The molecule has 0 saturated heterocycles. The van der Waals surface area contributed by atoms with Gasteiger partial charge >= 0.3 is 12.1 Å². The van der Waals surface area contributed by atoms with E-state index in [9.17, 15) is 27.6 Å².